The Labute approximate surface area is 74.6 Å². The van der Waals surface area contributed by atoms with Crippen molar-refractivity contribution in [2.45, 2.75) is 38.9 Å². The van der Waals surface area contributed by atoms with Gasteiger partial charge in [-0.15, -0.1) is 0 Å². The van der Waals surface area contributed by atoms with Gasteiger partial charge in [0, 0.05) is 6.42 Å². The third-order valence-electron chi connectivity index (χ3n) is 1.91. The van der Waals surface area contributed by atoms with Crippen molar-refractivity contribution >= 4 is 0 Å². The molecule has 0 N–H and O–H groups in total. The van der Waals surface area contributed by atoms with E-state index in [0.29, 0.717) is 0 Å². The summed E-state index contributed by atoms with van der Waals surface area (Å²) in [5.74, 6) is 0. The Morgan fingerprint density at radius 2 is 2.00 bits per heavy atom. The van der Waals surface area contributed by atoms with Crippen LogP contribution in [0.1, 0.15) is 32.6 Å². The molecule has 12 heavy (non-hydrogen) atoms. The third-order valence-corrected chi connectivity index (χ3v) is 1.91. The van der Waals surface area contributed by atoms with Gasteiger partial charge in [-0.1, -0.05) is 31.9 Å². The van der Waals surface area contributed by atoms with E-state index in [0.717, 1.165) is 19.6 Å². The second-order valence-electron chi connectivity index (χ2n) is 3.02. The van der Waals surface area contributed by atoms with E-state index in [2.05, 4.69) is 19.1 Å². The van der Waals surface area contributed by atoms with E-state index in [1.165, 1.54) is 19.3 Å². The molecule has 0 aromatic heterocycles. The van der Waals surface area contributed by atoms with Crippen LogP contribution >= 0.6 is 0 Å². The lowest BCUT2D eigenvalue weighted by molar-refractivity contribution is -0.0380. The highest BCUT2D eigenvalue weighted by Crippen LogP contribution is 2.08. The molecule has 0 radical (unpaired) electrons. The summed E-state index contributed by atoms with van der Waals surface area (Å²) >= 11 is 0. The highest BCUT2D eigenvalue weighted by molar-refractivity contribution is 4.82. The fraction of sp³-hybridized carbons (Fsp3) is 0.800. The molecule has 1 rings (SSSR count). The Balaban J connectivity index is 1.96. The van der Waals surface area contributed by atoms with Crippen LogP contribution < -0.4 is 0 Å². The van der Waals surface area contributed by atoms with Gasteiger partial charge in [-0.2, -0.15) is 0 Å². The van der Waals surface area contributed by atoms with E-state index in [1.807, 2.05) is 0 Å². The highest BCUT2D eigenvalue weighted by Gasteiger charge is 2.12. The summed E-state index contributed by atoms with van der Waals surface area (Å²) in [6.45, 7) is 3.72. The second-order valence-corrected chi connectivity index (χ2v) is 3.02. The van der Waals surface area contributed by atoms with Crippen molar-refractivity contribution in [2.75, 3.05) is 13.2 Å². The van der Waals surface area contributed by atoms with Crippen LogP contribution in [0.25, 0.3) is 0 Å². The van der Waals surface area contributed by atoms with Crippen LogP contribution in [0.15, 0.2) is 12.2 Å². The van der Waals surface area contributed by atoms with Gasteiger partial charge in [0.05, 0.1) is 13.2 Å². The van der Waals surface area contributed by atoms with Crippen molar-refractivity contribution in [3.63, 3.8) is 0 Å². The first-order valence-electron chi connectivity index (χ1n) is 4.81. The van der Waals surface area contributed by atoms with Crippen LogP contribution in [0, 0.1) is 0 Å². The molecule has 1 aliphatic heterocycles. The van der Waals surface area contributed by atoms with Crippen molar-refractivity contribution < 1.29 is 9.47 Å². The molecular weight excluding hydrogens is 152 g/mol. The quantitative estimate of drug-likeness (QED) is 0.466. The lowest BCUT2D eigenvalue weighted by atomic mass is 10.2. The van der Waals surface area contributed by atoms with E-state index in [4.69, 9.17) is 9.47 Å². The molecule has 2 nitrogen and oxygen atoms in total. The second kappa shape index (κ2) is 6.21. The topological polar surface area (TPSA) is 18.5 Å². The van der Waals surface area contributed by atoms with Gasteiger partial charge in [0.25, 0.3) is 0 Å². The van der Waals surface area contributed by atoms with E-state index < -0.39 is 0 Å². The Hall–Kier alpha value is -0.340. The molecule has 1 saturated heterocycles. The van der Waals surface area contributed by atoms with Crippen LogP contribution in [-0.2, 0) is 9.47 Å². The van der Waals surface area contributed by atoms with Gasteiger partial charge in [-0.3, -0.25) is 0 Å². The molecule has 0 bridgehead atoms. The van der Waals surface area contributed by atoms with Crippen LogP contribution in [0.5, 0.6) is 0 Å². The Bertz CT molecular complexity index is 126. The SMILES string of the molecule is CCCCC=CCC1OCCO1. The van der Waals surface area contributed by atoms with Gasteiger partial charge in [0.2, 0.25) is 0 Å². The van der Waals surface area contributed by atoms with Crippen molar-refractivity contribution in [3.05, 3.63) is 12.2 Å². The van der Waals surface area contributed by atoms with E-state index >= 15 is 0 Å². The Morgan fingerprint density at radius 1 is 1.25 bits per heavy atom. The van der Waals surface area contributed by atoms with Crippen molar-refractivity contribution in [1.29, 1.82) is 0 Å². The first-order valence-corrected chi connectivity index (χ1v) is 4.81. The maximum Gasteiger partial charge on any atom is 0.161 e. The van der Waals surface area contributed by atoms with E-state index in [9.17, 15) is 0 Å². The van der Waals surface area contributed by atoms with Crippen molar-refractivity contribution in [2.24, 2.45) is 0 Å². The lowest BCUT2D eigenvalue weighted by Gasteiger charge is -2.03. The monoisotopic (exact) mass is 170 g/mol. The standard InChI is InChI=1S/C10H18O2/c1-2-3-4-5-6-7-10-11-8-9-12-10/h5-6,10H,2-4,7-9H2,1H3. The van der Waals surface area contributed by atoms with Gasteiger partial charge in [0.15, 0.2) is 6.29 Å². The van der Waals surface area contributed by atoms with Gasteiger partial charge in [-0.05, 0) is 6.42 Å². The molecule has 0 amide bonds. The summed E-state index contributed by atoms with van der Waals surface area (Å²) < 4.78 is 10.6. The number of ether oxygens (including phenoxy) is 2. The average molecular weight is 170 g/mol. The molecule has 70 valence electrons. The van der Waals surface area contributed by atoms with Crippen LogP contribution in [0.2, 0.25) is 0 Å². The summed E-state index contributed by atoms with van der Waals surface area (Å²) in [5.41, 5.74) is 0. The molecule has 1 heterocycles. The van der Waals surface area contributed by atoms with Crippen LogP contribution in [-0.4, -0.2) is 19.5 Å². The molecular formula is C10H18O2. The molecule has 0 aromatic carbocycles. The summed E-state index contributed by atoms with van der Waals surface area (Å²) in [6.07, 6.45) is 9.04. The smallest absolute Gasteiger partial charge is 0.161 e. The minimum Gasteiger partial charge on any atom is -0.350 e. The molecule has 0 unspecified atom stereocenters. The molecule has 1 aliphatic rings. The number of unbranched alkanes of at least 4 members (excludes halogenated alkanes) is 2. The van der Waals surface area contributed by atoms with E-state index in [1.54, 1.807) is 0 Å². The highest BCUT2D eigenvalue weighted by atomic mass is 16.7. The van der Waals surface area contributed by atoms with Crippen LogP contribution in [0.3, 0.4) is 0 Å². The summed E-state index contributed by atoms with van der Waals surface area (Å²) in [6, 6.07) is 0. The molecule has 0 saturated carbocycles. The zero-order valence-electron chi connectivity index (χ0n) is 7.79. The lowest BCUT2D eigenvalue weighted by Crippen LogP contribution is -2.04. The van der Waals surface area contributed by atoms with E-state index in [-0.39, 0.29) is 6.29 Å². The maximum atomic E-state index is 5.29. The predicted molar refractivity (Wildman–Crippen MR) is 49.0 cm³/mol. The molecule has 0 atom stereocenters. The molecule has 2 heteroatoms. The van der Waals surface area contributed by atoms with Crippen molar-refractivity contribution in [3.8, 4) is 0 Å². The number of hydrogen-bond acceptors (Lipinski definition) is 2. The minimum absolute atomic E-state index is 0.0304. The summed E-state index contributed by atoms with van der Waals surface area (Å²) in [5, 5.41) is 0. The Kier molecular flexibility index (Phi) is 5.04. The molecule has 0 spiro atoms. The number of rotatable bonds is 5. The third kappa shape index (κ3) is 3.88. The summed E-state index contributed by atoms with van der Waals surface area (Å²) in [4.78, 5) is 0. The van der Waals surface area contributed by atoms with Gasteiger partial charge < -0.3 is 9.47 Å². The Morgan fingerprint density at radius 3 is 2.67 bits per heavy atom. The van der Waals surface area contributed by atoms with Gasteiger partial charge in [0.1, 0.15) is 0 Å². The van der Waals surface area contributed by atoms with Crippen molar-refractivity contribution in [1.82, 2.24) is 0 Å². The minimum atomic E-state index is 0.0304. The molecule has 1 fully saturated rings. The zero-order valence-corrected chi connectivity index (χ0v) is 7.79. The van der Waals surface area contributed by atoms with Crippen LogP contribution in [0.4, 0.5) is 0 Å². The largest absolute Gasteiger partial charge is 0.350 e. The zero-order chi connectivity index (χ0) is 8.65. The van der Waals surface area contributed by atoms with Gasteiger partial charge in [-0.25, -0.2) is 0 Å². The first kappa shape index (κ1) is 9.75. The average Bonchev–Trinajstić information content (AvgIpc) is 2.57. The van der Waals surface area contributed by atoms with Gasteiger partial charge >= 0.3 is 0 Å². The molecule has 0 aromatic rings. The molecule has 0 aliphatic carbocycles. The fourth-order valence-electron chi connectivity index (χ4n) is 1.19. The number of allylic oxidation sites excluding steroid dienone is 1. The maximum absolute atomic E-state index is 5.29. The summed E-state index contributed by atoms with van der Waals surface area (Å²) in [7, 11) is 0. The predicted octanol–water partition coefficient (Wildman–Crippen LogP) is 2.50. The number of hydrogen-bond donors (Lipinski definition) is 0. The normalized spacial score (nSPS) is 19.4. The fourth-order valence-corrected chi connectivity index (χ4v) is 1.19. The first-order chi connectivity index (χ1) is 5.93.